The van der Waals surface area contributed by atoms with E-state index in [0.717, 1.165) is 0 Å². The quantitative estimate of drug-likeness (QED) is 0.423. The minimum atomic E-state index is -2.81. The van der Waals surface area contributed by atoms with Crippen LogP contribution >= 0.6 is 0 Å². The van der Waals surface area contributed by atoms with E-state index in [0.29, 0.717) is 6.04 Å². The van der Waals surface area contributed by atoms with Crippen LogP contribution in [0.2, 0.25) is 6.04 Å². The van der Waals surface area contributed by atoms with E-state index in [9.17, 15) is 0 Å². The maximum Gasteiger partial charge on any atom is 0.500 e. The van der Waals surface area contributed by atoms with Gasteiger partial charge in [-0.05, 0) is 0 Å². The summed E-state index contributed by atoms with van der Waals surface area (Å²) in [5, 5.41) is 26.0. The third-order valence-electron chi connectivity index (χ3n) is 1.67. The molecule has 0 unspecified atom stereocenters. The Balaban J connectivity index is 4.16. The van der Waals surface area contributed by atoms with E-state index in [2.05, 4.69) is 0 Å². The molecule has 0 aliphatic carbocycles. The fourth-order valence-electron chi connectivity index (χ4n) is 1.03. The average molecular weight is 240 g/mol. The van der Waals surface area contributed by atoms with Gasteiger partial charge in [-0.1, -0.05) is 6.92 Å². The highest BCUT2D eigenvalue weighted by atomic mass is 28.4. The Labute approximate surface area is 90.8 Å². The number of hydrogen-bond donors (Lipinski definition) is 3. The third kappa shape index (κ3) is 6.20. The molecule has 0 heterocycles. The van der Waals surface area contributed by atoms with Crippen molar-refractivity contribution in [2.45, 2.75) is 13.0 Å². The Bertz CT molecular complexity index is 123. The van der Waals surface area contributed by atoms with Crippen LogP contribution in [0.1, 0.15) is 6.92 Å². The van der Waals surface area contributed by atoms with Crippen molar-refractivity contribution in [3.63, 3.8) is 0 Å². The highest BCUT2D eigenvalue weighted by molar-refractivity contribution is 6.60. The van der Waals surface area contributed by atoms with Crippen molar-refractivity contribution in [1.82, 2.24) is 0 Å². The van der Waals surface area contributed by atoms with Gasteiger partial charge in [-0.2, -0.15) is 0 Å². The molecule has 0 fully saturated rings. The van der Waals surface area contributed by atoms with Crippen molar-refractivity contribution in [1.29, 1.82) is 0 Å². The molecular formula is C8H20O6Si. The first-order valence-corrected chi connectivity index (χ1v) is 6.92. The summed E-state index contributed by atoms with van der Waals surface area (Å²) < 4.78 is 16.1. The predicted molar refractivity (Wildman–Crippen MR) is 55.3 cm³/mol. The summed E-state index contributed by atoms with van der Waals surface area (Å²) in [5.74, 6) is 0. The predicted octanol–water partition coefficient (Wildman–Crippen LogP) is -1.03. The van der Waals surface area contributed by atoms with Crippen LogP contribution in [0.5, 0.6) is 0 Å². The summed E-state index contributed by atoms with van der Waals surface area (Å²) >= 11 is 0. The van der Waals surface area contributed by atoms with Gasteiger partial charge in [-0.3, -0.25) is 0 Å². The molecule has 6 nitrogen and oxygen atoms in total. The lowest BCUT2D eigenvalue weighted by molar-refractivity contribution is 0.0288. The lowest BCUT2D eigenvalue weighted by Crippen LogP contribution is -2.47. The van der Waals surface area contributed by atoms with E-state index in [4.69, 9.17) is 28.6 Å². The smallest absolute Gasteiger partial charge is 0.394 e. The Morgan fingerprint density at radius 3 is 1.33 bits per heavy atom. The molecule has 15 heavy (non-hydrogen) atoms. The standard InChI is InChI=1S/C8H20O6Si/c1-2-15(12-6-3-9,13-7-4-10)14-8-5-11/h9-11H,2-8H2,1H3. The van der Waals surface area contributed by atoms with Gasteiger partial charge in [-0.15, -0.1) is 0 Å². The van der Waals surface area contributed by atoms with Crippen LogP contribution in [-0.2, 0) is 13.3 Å². The summed E-state index contributed by atoms with van der Waals surface area (Å²) in [5.41, 5.74) is 0. The van der Waals surface area contributed by atoms with E-state index in [1.807, 2.05) is 6.92 Å². The second-order valence-electron chi connectivity index (χ2n) is 2.75. The van der Waals surface area contributed by atoms with Crippen LogP contribution in [0.4, 0.5) is 0 Å². The van der Waals surface area contributed by atoms with E-state index >= 15 is 0 Å². The summed E-state index contributed by atoms with van der Waals surface area (Å²) in [4.78, 5) is 0. The van der Waals surface area contributed by atoms with Crippen molar-refractivity contribution in [3.05, 3.63) is 0 Å². The molecule has 0 aliphatic heterocycles. The van der Waals surface area contributed by atoms with Crippen LogP contribution < -0.4 is 0 Å². The minimum Gasteiger partial charge on any atom is -0.394 e. The summed E-state index contributed by atoms with van der Waals surface area (Å²) in [7, 11) is -2.81. The van der Waals surface area contributed by atoms with Crippen molar-refractivity contribution in [2.24, 2.45) is 0 Å². The van der Waals surface area contributed by atoms with Gasteiger partial charge in [0.2, 0.25) is 0 Å². The SMILES string of the molecule is CC[Si](OCCO)(OCCO)OCCO. The van der Waals surface area contributed by atoms with Crippen molar-refractivity contribution in [3.8, 4) is 0 Å². The molecule has 0 radical (unpaired) electrons. The zero-order valence-corrected chi connectivity index (χ0v) is 10.0. The molecular weight excluding hydrogens is 220 g/mol. The normalized spacial score (nSPS) is 12.0. The van der Waals surface area contributed by atoms with Crippen LogP contribution in [0.25, 0.3) is 0 Å². The zero-order valence-electron chi connectivity index (χ0n) is 9.02. The maximum absolute atomic E-state index is 8.66. The largest absolute Gasteiger partial charge is 0.500 e. The second kappa shape index (κ2) is 9.22. The lowest BCUT2D eigenvalue weighted by atomic mass is 10.8. The molecule has 0 spiro atoms. The highest BCUT2D eigenvalue weighted by Gasteiger charge is 2.38. The van der Waals surface area contributed by atoms with Crippen LogP contribution in [0.3, 0.4) is 0 Å². The highest BCUT2D eigenvalue weighted by Crippen LogP contribution is 2.14. The van der Waals surface area contributed by atoms with Gasteiger partial charge in [0.05, 0.1) is 39.6 Å². The second-order valence-corrected chi connectivity index (χ2v) is 5.69. The number of hydrogen-bond acceptors (Lipinski definition) is 6. The third-order valence-corrected chi connectivity index (χ3v) is 4.47. The van der Waals surface area contributed by atoms with Crippen molar-refractivity contribution in [2.75, 3.05) is 39.6 Å². The maximum atomic E-state index is 8.66. The Hall–Kier alpha value is -0.0231. The Kier molecular flexibility index (Phi) is 9.21. The van der Waals surface area contributed by atoms with Crippen molar-refractivity contribution >= 4 is 8.80 Å². The fraction of sp³-hybridized carbons (Fsp3) is 1.00. The molecule has 0 saturated carbocycles. The molecule has 0 aliphatic rings. The molecule has 7 heteroatoms. The molecule has 0 aromatic carbocycles. The fourth-order valence-corrected chi connectivity index (χ4v) is 3.10. The molecule has 0 amide bonds. The monoisotopic (exact) mass is 240 g/mol. The topological polar surface area (TPSA) is 88.4 Å². The molecule has 0 aromatic heterocycles. The molecule has 0 saturated heterocycles. The zero-order chi connectivity index (χ0) is 11.6. The minimum absolute atomic E-state index is 0.111. The number of aliphatic hydroxyl groups excluding tert-OH is 3. The van der Waals surface area contributed by atoms with Gasteiger partial charge in [0.25, 0.3) is 0 Å². The first kappa shape index (κ1) is 15.0. The Morgan fingerprint density at radius 2 is 1.13 bits per heavy atom. The van der Waals surface area contributed by atoms with Gasteiger partial charge in [0, 0.05) is 6.04 Å². The van der Waals surface area contributed by atoms with Gasteiger partial charge >= 0.3 is 8.80 Å². The first-order chi connectivity index (χ1) is 7.24. The van der Waals surface area contributed by atoms with E-state index in [-0.39, 0.29) is 39.6 Å². The lowest BCUT2D eigenvalue weighted by Gasteiger charge is -2.27. The van der Waals surface area contributed by atoms with Gasteiger partial charge in [0.15, 0.2) is 0 Å². The van der Waals surface area contributed by atoms with Crippen LogP contribution in [0.15, 0.2) is 0 Å². The molecule has 0 aromatic rings. The first-order valence-electron chi connectivity index (χ1n) is 4.99. The summed E-state index contributed by atoms with van der Waals surface area (Å²) in [6.45, 7) is 1.92. The molecule has 0 rings (SSSR count). The molecule has 0 atom stereocenters. The molecule has 92 valence electrons. The number of aliphatic hydroxyl groups is 3. The average Bonchev–Trinajstić information content (AvgIpc) is 2.29. The molecule has 3 N–H and O–H groups in total. The van der Waals surface area contributed by atoms with Gasteiger partial charge in [0.1, 0.15) is 0 Å². The van der Waals surface area contributed by atoms with Gasteiger partial charge < -0.3 is 28.6 Å². The van der Waals surface area contributed by atoms with Crippen molar-refractivity contribution < 1.29 is 28.6 Å². The summed E-state index contributed by atoms with van der Waals surface area (Å²) in [6.07, 6.45) is 0. The van der Waals surface area contributed by atoms with E-state index < -0.39 is 8.80 Å². The van der Waals surface area contributed by atoms with Crippen LogP contribution in [0, 0.1) is 0 Å². The van der Waals surface area contributed by atoms with E-state index in [1.165, 1.54) is 0 Å². The van der Waals surface area contributed by atoms with E-state index in [1.54, 1.807) is 0 Å². The Morgan fingerprint density at radius 1 is 0.800 bits per heavy atom. The van der Waals surface area contributed by atoms with Crippen LogP contribution in [-0.4, -0.2) is 63.8 Å². The molecule has 0 bridgehead atoms. The number of rotatable bonds is 10. The summed E-state index contributed by atoms with van der Waals surface area (Å²) in [6, 6.07) is 0.535. The van der Waals surface area contributed by atoms with Gasteiger partial charge in [-0.25, -0.2) is 0 Å².